The van der Waals surface area contributed by atoms with Crippen LogP contribution in [0, 0.1) is 0 Å². The van der Waals surface area contributed by atoms with E-state index in [1.54, 1.807) is 7.11 Å². The summed E-state index contributed by atoms with van der Waals surface area (Å²) < 4.78 is 16.9. The highest BCUT2D eigenvalue weighted by molar-refractivity contribution is 5.92. The van der Waals surface area contributed by atoms with Crippen molar-refractivity contribution in [1.82, 2.24) is 14.5 Å². The number of para-hydroxylation sites is 2. The predicted octanol–water partition coefficient (Wildman–Crippen LogP) is 2.12. The van der Waals surface area contributed by atoms with Gasteiger partial charge in [-0.3, -0.25) is 14.3 Å². The van der Waals surface area contributed by atoms with Gasteiger partial charge in [0.05, 0.1) is 31.3 Å². The normalized spacial score (nSPS) is 14.4. The van der Waals surface area contributed by atoms with E-state index in [0.717, 1.165) is 48.6 Å². The number of hydrogen-bond acceptors (Lipinski definition) is 8. The molecule has 1 aliphatic rings. The average Bonchev–Trinajstić information content (AvgIpc) is 3.24. The lowest BCUT2D eigenvalue weighted by Gasteiger charge is -2.35. The number of carbonyl (C=O) groups is 2. The molecule has 0 atom stereocenters. The summed E-state index contributed by atoms with van der Waals surface area (Å²) in [5, 5.41) is 0. The van der Waals surface area contributed by atoms with E-state index < -0.39 is 5.97 Å². The van der Waals surface area contributed by atoms with Gasteiger partial charge in [0.15, 0.2) is 0 Å². The fourth-order valence-corrected chi connectivity index (χ4v) is 3.95. The van der Waals surface area contributed by atoms with E-state index in [4.69, 9.17) is 14.2 Å². The van der Waals surface area contributed by atoms with E-state index in [-0.39, 0.29) is 18.4 Å². The number of aromatic nitrogens is 2. The fourth-order valence-electron chi connectivity index (χ4n) is 3.95. The standard InChI is InChI=1S/C24H28N4O5/c1-31-14-15-33-24(30)23-25-20-8-3-4-9-21(20)28(23)19-7-5-6-18(16-19)27-12-10-26(11-13-27)17-22(29)32-2/h3-9,16H,10-15,17H2,1-2H3. The van der Waals surface area contributed by atoms with E-state index in [9.17, 15) is 9.59 Å². The lowest BCUT2D eigenvalue weighted by molar-refractivity contribution is -0.142. The van der Waals surface area contributed by atoms with Gasteiger partial charge < -0.3 is 19.1 Å². The molecular formula is C24H28N4O5. The molecule has 0 radical (unpaired) electrons. The summed E-state index contributed by atoms with van der Waals surface area (Å²) in [5.74, 6) is -0.486. The fraction of sp³-hybridized carbons (Fsp3) is 0.375. The maximum Gasteiger partial charge on any atom is 0.375 e. The van der Waals surface area contributed by atoms with Crippen LogP contribution in [0.2, 0.25) is 0 Å². The van der Waals surface area contributed by atoms with Gasteiger partial charge in [-0.15, -0.1) is 0 Å². The Morgan fingerprint density at radius 1 is 0.939 bits per heavy atom. The van der Waals surface area contributed by atoms with Gasteiger partial charge in [0.1, 0.15) is 6.61 Å². The number of benzene rings is 2. The molecule has 0 spiro atoms. The number of nitrogens with zero attached hydrogens (tertiary/aromatic N) is 4. The highest BCUT2D eigenvalue weighted by Crippen LogP contribution is 2.26. The predicted molar refractivity (Wildman–Crippen MR) is 124 cm³/mol. The first-order valence-electron chi connectivity index (χ1n) is 10.9. The molecule has 2 aromatic carbocycles. The van der Waals surface area contributed by atoms with Gasteiger partial charge in [0.25, 0.3) is 0 Å². The summed E-state index contributed by atoms with van der Waals surface area (Å²) in [6.07, 6.45) is 0. The molecule has 9 heteroatoms. The Kier molecular flexibility index (Phi) is 7.21. The first kappa shape index (κ1) is 22.8. The Morgan fingerprint density at radius 2 is 1.70 bits per heavy atom. The average molecular weight is 453 g/mol. The molecule has 0 aliphatic carbocycles. The molecule has 1 aliphatic heterocycles. The van der Waals surface area contributed by atoms with Crippen LogP contribution in [-0.4, -0.2) is 86.5 Å². The number of fused-ring (bicyclic) bond motifs is 1. The monoisotopic (exact) mass is 452 g/mol. The summed E-state index contributed by atoms with van der Waals surface area (Å²) in [5.41, 5.74) is 3.42. The van der Waals surface area contributed by atoms with Crippen LogP contribution in [0.3, 0.4) is 0 Å². The van der Waals surface area contributed by atoms with Crippen molar-refractivity contribution in [3.63, 3.8) is 0 Å². The molecule has 2 heterocycles. The quantitative estimate of drug-likeness (QED) is 0.380. The third kappa shape index (κ3) is 5.15. The smallest absolute Gasteiger partial charge is 0.375 e. The second-order valence-electron chi connectivity index (χ2n) is 7.75. The third-order valence-corrected chi connectivity index (χ3v) is 5.67. The van der Waals surface area contributed by atoms with Crippen molar-refractivity contribution in [3.8, 4) is 5.69 Å². The zero-order valence-corrected chi connectivity index (χ0v) is 18.9. The van der Waals surface area contributed by atoms with Gasteiger partial charge >= 0.3 is 11.9 Å². The number of hydrogen-bond donors (Lipinski definition) is 0. The van der Waals surface area contributed by atoms with E-state index in [2.05, 4.69) is 26.9 Å². The minimum atomic E-state index is -0.495. The Hall–Kier alpha value is -3.43. The van der Waals surface area contributed by atoms with Crippen molar-refractivity contribution in [2.75, 3.05) is 65.1 Å². The number of methoxy groups -OCH3 is 2. The molecule has 4 rings (SSSR count). The maximum absolute atomic E-state index is 12.8. The van der Waals surface area contributed by atoms with E-state index in [0.29, 0.717) is 13.2 Å². The van der Waals surface area contributed by atoms with Crippen molar-refractivity contribution < 1.29 is 23.8 Å². The number of imidazole rings is 1. The van der Waals surface area contributed by atoms with Crippen LogP contribution in [0.15, 0.2) is 48.5 Å². The van der Waals surface area contributed by atoms with Gasteiger partial charge in [-0.25, -0.2) is 9.78 Å². The first-order chi connectivity index (χ1) is 16.1. The number of piperazine rings is 1. The van der Waals surface area contributed by atoms with Crippen molar-refractivity contribution >= 4 is 28.7 Å². The molecule has 3 aromatic rings. The van der Waals surface area contributed by atoms with Crippen LogP contribution in [-0.2, 0) is 19.0 Å². The molecular weight excluding hydrogens is 424 g/mol. The molecule has 1 aromatic heterocycles. The van der Waals surface area contributed by atoms with Gasteiger partial charge in [0, 0.05) is 44.7 Å². The molecule has 0 bridgehead atoms. The maximum atomic E-state index is 12.8. The molecule has 0 saturated carbocycles. The molecule has 1 fully saturated rings. The van der Waals surface area contributed by atoms with Crippen LogP contribution < -0.4 is 4.90 Å². The van der Waals surface area contributed by atoms with Gasteiger partial charge in [0.2, 0.25) is 5.82 Å². The topological polar surface area (TPSA) is 86.1 Å². The highest BCUT2D eigenvalue weighted by Gasteiger charge is 2.22. The molecule has 9 nitrogen and oxygen atoms in total. The van der Waals surface area contributed by atoms with E-state index in [1.165, 1.54) is 7.11 Å². The number of carbonyl (C=O) groups excluding carboxylic acids is 2. The van der Waals surface area contributed by atoms with Crippen LogP contribution >= 0.6 is 0 Å². The third-order valence-electron chi connectivity index (χ3n) is 5.67. The second-order valence-corrected chi connectivity index (χ2v) is 7.75. The minimum Gasteiger partial charge on any atom is -0.468 e. The minimum absolute atomic E-state index is 0.161. The van der Waals surface area contributed by atoms with Gasteiger partial charge in [-0.2, -0.15) is 0 Å². The summed E-state index contributed by atoms with van der Waals surface area (Å²) >= 11 is 0. The van der Waals surface area contributed by atoms with E-state index >= 15 is 0 Å². The largest absolute Gasteiger partial charge is 0.468 e. The first-order valence-corrected chi connectivity index (χ1v) is 10.9. The van der Waals surface area contributed by atoms with Crippen molar-refractivity contribution in [3.05, 3.63) is 54.4 Å². The molecule has 33 heavy (non-hydrogen) atoms. The molecule has 0 unspecified atom stereocenters. The highest BCUT2D eigenvalue weighted by atomic mass is 16.6. The SMILES string of the molecule is COCCOC(=O)c1nc2ccccc2n1-c1cccc(N2CCN(CC(=O)OC)CC2)c1. The van der Waals surface area contributed by atoms with Crippen molar-refractivity contribution in [2.45, 2.75) is 0 Å². The number of anilines is 1. The second kappa shape index (κ2) is 10.5. The summed E-state index contributed by atoms with van der Waals surface area (Å²) in [7, 11) is 2.97. The summed E-state index contributed by atoms with van der Waals surface area (Å²) in [4.78, 5) is 33.3. The molecule has 0 amide bonds. The van der Waals surface area contributed by atoms with E-state index in [1.807, 2.05) is 41.0 Å². The molecule has 0 N–H and O–H groups in total. The Morgan fingerprint density at radius 3 is 2.45 bits per heavy atom. The van der Waals surface area contributed by atoms with Crippen LogP contribution in [0.25, 0.3) is 16.7 Å². The van der Waals surface area contributed by atoms with Crippen LogP contribution in [0.4, 0.5) is 5.69 Å². The van der Waals surface area contributed by atoms with Crippen molar-refractivity contribution in [1.29, 1.82) is 0 Å². The lowest BCUT2D eigenvalue weighted by atomic mass is 10.2. The zero-order chi connectivity index (χ0) is 23.2. The number of esters is 2. The number of rotatable bonds is 8. The molecule has 174 valence electrons. The van der Waals surface area contributed by atoms with Crippen LogP contribution in [0.1, 0.15) is 10.6 Å². The number of ether oxygens (including phenoxy) is 3. The Balaban J connectivity index is 1.59. The van der Waals surface area contributed by atoms with Crippen molar-refractivity contribution in [2.24, 2.45) is 0 Å². The summed E-state index contributed by atoms with van der Waals surface area (Å²) in [6, 6.07) is 15.7. The zero-order valence-electron chi connectivity index (χ0n) is 18.9. The van der Waals surface area contributed by atoms with Gasteiger partial charge in [-0.05, 0) is 30.3 Å². The molecule has 1 saturated heterocycles. The Labute approximate surface area is 192 Å². The Bertz CT molecular complexity index is 1120. The summed E-state index contributed by atoms with van der Waals surface area (Å²) in [6.45, 7) is 3.90. The lowest BCUT2D eigenvalue weighted by Crippen LogP contribution is -2.48. The van der Waals surface area contributed by atoms with Crippen LogP contribution in [0.5, 0.6) is 0 Å². The van der Waals surface area contributed by atoms with Gasteiger partial charge in [-0.1, -0.05) is 18.2 Å².